The van der Waals surface area contributed by atoms with E-state index in [1.165, 1.54) is 6.42 Å². The van der Waals surface area contributed by atoms with Crippen molar-refractivity contribution in [3.8, 4) is 0 Å². The molecule has 1 atom stereocenters. The second-order valence-corrected chi connectivity index (χ2v) is 5.68. The SMILES string of the molecule is CCC(CC)n1ccc(CN2CCCC(CO)C2)n1. The highest BCUT2D eigenvalue weighted by molar-refractivity contribution is 5.00. The van der Waals surface area contributed by atoms with Crippen molar-refractivity contribution in [1.29, 1.82) is 0 Å². The Morgan fingerprint density at radius 3 is 2.89 bits per heavy atom. The normalized spacial score (nSPS) is 21.2. The molecule has 1 aromatic heterocycles. The minimum Gasteiger partial charge on any atom is -0.396 e. The molecule has 4 nitrogen and oxygen atoms in total. The van der Waals surface area contributed by atoms with Crippen LogP contribution in [0.5, 0.6) is 0 Å². The number of aliphatic hydroxyl groups is 1. The maximum absolute atomic E-state index is 9.27. The quantitative estimate of drug-likeness (QED) is 0.859. The first kappa shape index (κ1) is 14.5. The molecule has 0 aromatic carbocycles. The Labute approximate surface area is 116 Å². The van der Waals surface area contributed by atoms with E-state index in [0.29, 0.717) is 18.6 Å². The van der Waals surface area contributed by atoms with E-state index in [-0.39, 0.29) is 0 Å². The van der Waals surface area contributed by atoms with Crippen molar-refractivity contribution in [2.75, 3.05) is 19.7 Å². The molecular weight excluding hydrogens is 238 g/mol. The summed E-state index contributed by atoms with van der Waals surface area (Å²) in [6, 6.07) is 2.67. The van der Waals surface area contributed by atoms with Crippen LogP contribution in [0.15, 0.2) is 12.3 Å². The van der Waals surface area contributed by atoms with Crippen LogP contribution in [-0.4, -0.2) is 39.5 Å². The first-order chi connectivity index (χ1) is 9.26. The van der Waals surface area contributed by atoms with Gasteiger partial charge in [-0.15, -0.1) is 0 Å². The fraction of sp³-hybridized carbons (Fsp3) is 0.800. The number of nitrogens with zero attached hydrogens (tertiary/aromatic N) is 3. The molecule has 19 heavy (non-hydrogen) atoms. The molecule has 1 aliphatic rings. The molecule has 0 amide bonds. The van der Waals surface area contributed by atoms with E-state index in [9.17, 15) is 5.11 Å². The molecule has 0 spiro atoms. The molecule has 0 radical (unpaired) electrons. The number of rotatable bonds is 6. The number of likely N-dealkylation sites (tertiary alicyclic amines) is 1. The van der Waals surface area contributed by atoms with E-state index < -0.39 is 0 Å². The average molecular weight is 265 g/mol. The standard InChI is InChI=1S/C15H27N3O/c1-3-15(4-2)18-9-7-14(16-18)11-17-8-5-6-13(10-17)12-19/h7,9,13,15,19H,3-6,8,10-12H2,1-2H3. The van der Waals surface area contributed by atoms with Crippen LogP contribution in [0.4, 0.5) is 0 Å². The van der Waals surface area contributed by atoms with Gasteiger partial charge in [-0.25, -0.2) is 0 Å². The number of hydrogen-bond donors (Lipinski definition) is 1. The highest BCUT2D eigenvalue weighted by Gasteiger charge is 2.20. The van der Waals surface area contributed by atoms with Gasteiger partial charge in [0, 0.05) is 25.9 Å². The Morgan fingerprint density at radius 1 is 1.42 bits per heavy atom. The number of hydrogen-bond acceptors (Lipinski definition) is 3. The van der Waals surface area contributed by atoms with E-state index in [1.54, 1.807) is 0 Å². The molecule has 1 saturated heterocycles. The number of piperidine rings is 1. The lowest BCUT2D eigenvalue weighted by atomic mass is 9.99. The van der Waals surface area contributed by atoms with Crippen molar-refractivity contribution in [2.45, 2.75) is 52.1 Å². The molecule has 4 heteroatoms. The highest BCUT2D eigenvalue weighted by atomic mass is 16.3. The van der Waals surface area contributed by atoms with Crippen molar-refractivity contribution in [3.05, 3.63) is 18.0 Å². The first-order valence-corrected chi connectivity index (χ1v) is 7.64. The van der Waals surface area contributed by atoms with Gasteiger partial charge < -0.3 is 5.11 Å². The summed E-state index contributed by atoms with van der Waals surface area (Å²) in [5, 5.41) is 14.0. The second-order valence-electron chi connectivity index (χ2n) is 5.68. The minimum absolute atomic E-state index is 0.318. The van der Waals surface area contributed by atoms with Gasteiger partial charge in [-0.2, -0.15) is 5.10 Å². The Bertz CT molecular complexity index is 373. The molecular formula is C15H27N3O. The fourth-order valence-electron chi connectivity index (χ4n) is 3.00. The van der Waals surface area contributed by atoms with Gasteiger partial charge in [0.05, 0.1) is 11.7 Å². The van der Waals surface area contributed by atoms with Crippen molar-refractivity contribution in [3.63, 3.8) is 0 Å². The molecule has 2 rings (SSSR count). The zero-order valence-electron chi connectivity index (χ0n) is 12.3. The van der Waals surface area contributed by atoms with Gasteiger partial charge in [0.1, 0.15) is 0 Å². The summed E-state index contributed by atoms with van der Waals surface area (Å²) in [5.41, 5.74) is 1.16. The molecule has 1 aromatic rings. The van der Waals surface area contributed by atoms with Crippen molar-refractivity contribution >= 4 is 0 Å². The van der Waals surface area contributed by atoms with Gasteiger partial charge in [-0.05, 0) is 44.2 Å². The summed E-state index contributed by atoms with van der Waals surface area (Å²) in [6.07, 6.45) is 6.73. The first-order valence-electron chi connectivity index (χ1n) is 7.64. The molecule has 108 valence electrons. The van der Waals surface area contributed by atoms with Gasteiger partial charge in [0.2, 0.25) is 0 Å². The molecule has 0 saturated carbocycles. The number of aliphatic hydroxyl groups excluding tert-OH is 1. The molecule has 1 unspecified atom stereocenters. The smallest absolute Gasteiger partial charge is 0.0764 e. The zero-order chi connectivity index (χ0) is 13.7. The van der Waals surface area contributed by atoms with Gasteiger partial charge in [-0.3, -0.25) is 9.58 Å². The highest BCUT2D eigenvalue weighted by Crippen LogP contribution is 2.19. The second kappa shape index (κ2) is 7.06. The Balaban J connectivity index is 1.92. The van der Waals surface area contributed by atoms with Crippen molar-refractivity contribution < 1.29 is 5.11 Å². The van der Waals surface area contributed by atoms with Crippen LogP contribution >= 0.6 is 0 Å². The van der Waals surface area contributed by atoms with Crippen LogP contribution < -0.4 is 0 Å². The summed E-state index contributed by atoms with van der Waals surface area (Å²) in [7, 11) is 0. The molecule has 1 N–H and O–H groups in total. The van der Waals surface area contributed by atoms with Crippen LogP contribution in [0.25, 0.3) is 0 Å². The van der Waals surface area contributed by atoms with E-state index in [1.807, 2.05) is 0 Å². The lowest BCUT2D eigenvalue weighted by Gasteiger charge is -2.31. The zero-order valence-corrected chi connectivity index (χ0v) is 12.3. The van der Waals surface area contributed by atoms with Gasteiger partial charge in [0.15, 0.2) is 0 Å². The third-order valence-electron chi connectivity index (χ3n) is 4.23. The van der Waals surface area contributed by atoms with Gasteiger partial charge >= 0.3 is 0 Å². The van der Waals surface area contributed by atoms with Gasteiger partial charge in [-0.1, -0.05) is 13.8 Å². The predicted octanol–water partition coefficient (Wildman–Crippen LogP) is 2.45. The molecule has 1 fully saturated rings. The Hall–Kier alpha value is -0.870. The molecule has 2 heterocycles. The van der Waals surface area contributed by atoms with Crippen LogP contribution in [0, 0.1) is 5.92 Å². The Morgan fingerprint density at radius 2 is 2.21 bits per heavy atom. The third-order valence-corrected chi connectivity index (χ3v) is 4.23. The summed E-state index contributed by atoms with van der Waals surface area (Å²) >= 11 is 0. The summed E-state index contributed by atoms with van der Waals surface area (Å²) < 4.78 is 2.11. The van der Waals surface area contributed by atoms with Crippen molar-refractivity contribution in [2.24, 2.45) is 5.92 Å². The summed E-state index contributed by atoms with van der Waals surface area (Å²) in [5.74, 6) is 0.454. The third kappa shape index (κ3) is 3.80. The molecule has 1 aliphatic heterocycles. The van der Waals surface area contributed by atoms with Crippen LogP contribution in [-0.2, 0) is 6.54 Å². The van der Waals surface area contributed by atoms with Crippen LogP contribution in [0.3, 0.4) is 0 Å². The maximum Gasteiger partial charge on any atom is 0.0764 e. The maximum atomic E-state index is 9.27. The summed E-state index contributed by atoms with van der Waals surface area (Å²) in [4.78, 5) is 2.42. The van der Waals surface area contributed by atoms with Crippen molar-refractivity contribution in [1.82, 2.24) is 14.7 Å². The Kier molecular flexibility index (Phi) is 5.40. The number of aromatic nitrogens is 2. The van der Waals surface area contributed by atoms with Crippen LogP contribution in [0.2, 0.25) is 0 Å². The summed E-state index contributed by atoms with van der Waals surface area (Å²) in [6.45, 7) is 7.81. The van der Waals surface area contributed by atoms with E-state index in [4.69, 9.17) is 5.10 Å². The van der Waals surface area contributed by atoms with E-state index >= 15 is 0 Å². The lowest BCUT2D eigenvalue weighted by Crippen LogP contribution is -2.36. The fourth-order valence-corrected chi connectivity index (χ4v) is 3.00. The molecule has 0 aliphatic carbocycles. The van der Waals surface area contributed by atoms with Crippen LogP contribution in [0.1, 0.15) is 51.3 Å². The lowest BCUT2D eigenvalue weighted by molar-refractivity contribution is 0.114. The average Bonchev–Trinajstić information content (AvgIpc) is 2.89. The van der Waals surface area contributed by atoms with E-state index in [0.717, 1.165) is 44.6 Å². The van der Waals surface area contributed by atoms with E-state index in [2.05, 4.69) is 35.7 Å². The van der Waals surface area contributed by atoms with Gasteiger partial charge in [0.25, 0.3) is 0 Å². The predicted molar refractivity (Wildman–Crippen MR) is 76.9 cm³/mol. The monoisotopic (exact) mass is 265 g/mol. The molecule has 0 bridgehead atoms. The topological polar surface area (TPSA) is 41.3 Å². The minimum atomic E-state index is 0.318. The largest absolute Gasteiger partial charge is 0.396 e.